The number of hydrogen-bond acceptors (Lipinski definition) is 1. The predicted molar refractivity (Wildman–Crippen MR) is 60.5 cm³/mol. The van der Waals surface area contributed by atoms with Crippen LogP contribution in [0.15, 0.2) is 12.1 Å². The second-order valence-corrected chi connectivity index (χ2v) is 4.40. The van der Waals surface area contributed by atoms with Crippen molar-refractivity contribution in [2.24, 2.45) is 0 Å². The van der Waals surface area contributed by atoms with Gasteiger partial charge in [0.1, 0.15) is 0 Å². The van der Waals surface area contributed by atoms with Gasteiger partial charge in [-0.15, -0.1) is 0 Å². The molecule has 14 heavy (non-hydrogen) atoms. The van der Waals surface area contributed by atoms with Crippen molar-refractivity contribution < 1.29 is 5.11 Å². The van der Waals surface area contributed by atoms with E-state index in [-0.39, 0.29) is 0 Å². The highest BCUT2D eigenvalue weighted by atomic mass is 16.3. The van der Waals surface area contributed by atoms with Crippen LogP contribution in [0.1, 0.15) is 42.5 Å². The maximum Gasteiger partial charge on any atom is 0.0871 e. The Labute approximate surface area is 86.8 Å². The van der Waals surface area contributed by atoms with Gasteiger partial charge in [0, 0.05) is 0 Å². The van der Waals surface area contributed by atoms with Gasteiger partial charge < -0.3 is 5.11 Å². The van der Waals surface area contributed by atoms with E-state index in [0.717, 1.165) is 12.0 Å². The van der Waals surface area contributed by atoms with E-state index in [1.807, 2.05) is 13.8 Å². The van der Waals surface area contributed by atoms with Gasteiger partial charge in [-0.05, 0) is 50.8 Å². The molecule has 1 aromatic carbocycles. The Bertz CT molecular complexity index is 314. The van der Waals surface area contributed by atoms with Gasteiger partial charge in [-0.25, -0.2) is 0 Å². The minimum absolute atomic E-state index is 0.693. The average Bonchev–Trinajstić information content (AvgIpc) is 2.01. The van der Waals surface area contributed by atoms with Crippen LogP contribution >= 0.6 is 0 Å². The second-order valence-electron chi connectivity index (χ2n) is 4.40. The molecular formula is C13H20O. The van der Waals surface area contributed by atoms with Crippen LogP contribution in [-0.2, 0) is 5.60 Å². The van der Waals surface area contributed by atoms with Gasteiger partial charge in [0.15, 0.2) is 0 Å². The maximum atomic E-state index is 10.2. The largest absolute Gasteiger partial charge is 0.385 e. The third-order valence-corrected chi connectivity index (χ3v) is 2.90. The van der Waals surface area contributed by atoms with E-state index in [2.05, 4.69) is 32.9 Å². The van der Waals surface area contributed by atoms with Crippen molar-refractivity contribution in [2.45, 2.75) is 46.6 Å². The summed E-state index contributed by atoms with van der Waals surface area (Å²) in [7, 11) is 0. The van der Waals surface area contributed by atoms with Crippen LogP contribution in [0.4, 0.5) is 0 Å². The molecule has 0 heterocycles. The molecule has 1 rings (SSSR count). The van der Waals surface area contributed by atoms with Crippen LogP contribution in [0.3, 0.4) is 0 Å². The number of aryl methyl sites for hydroxylation is 3. The molecule has 0 bridgehead atoms. The van der Waals surface area contributed by atoms with Crippen LogP contribution in [0.2, 0.25) is 0 Å². The van der Waals surface area contributed by atoms with E-state index in [9.17, 15) is 5.11 Å². The highest BCUT2D eigenvalue weighted by Crippen LogP contribution is 2.30. The molecular weight excluding hydrogens is 172 g/mol. The molecule has 0 aliphatic heterocycles. The van der Waals surface area contributed by atoms with Crippen molar-refractivity contribution in [1.29, 1.82) is 0 Å². The standard InChI is InChI=1S/C13H20O/c1-6-13(5,14)12-10(3)7-9(2)8-11(12)4/h7-8,14H,6H2,1-5H3/t13-/m0/s1. The molecule has 78 valence electrons. The topological polar surface area (TPSA) is 20.2 Å². The van der Waals surface area contributed by atoms with Crippen LogP contribution in [0, 0.1) is 20.8 Å². The van der Waals surface area contributed by atoms with Crippen LogP contribution in [-0.4, -0.2) is 5.11 Å². The van der Waals surface area contributed by atoms with Crippen molar-refractivity contribution in [1.82, 2.24) is 0 Å². The minimum atomic E-state index is -0.693. The highest BCUT2D eigenvalue weighted by Gasteiger charge is 2.24. The lowest BCUT2D eigenvalue weighted by molar-refractivity contribution is 0.0518. The molecule has 0 spiro atoms. The van der Waals surface area contributed by atoms with Gasteiger partial charge in [-0.2, -0.15) is 0 Å². The van der Waals surface area contributed by atoms with Crippen LogP contribution < -0.4 is 0 Å². The molecule has 0 fully saturated rings. The molecule has 1 atom stereocenters. The van der Waals surface area contributed by atoms with Gasteiger partial charge in [0.05, 0.1) is 5.60 Å². The van der Waals surface area contributed by atoms with Gasteiger partial charge in [-0.3, -0.25) is 0 Å². The van der Waals surface area contributed by atoms with Crippen molar-refractivity contribution in [3.05, 3.63) is 34.4 Å². The van der Waals surface area contributed by atoms with Gasteiger partial charge in [0.2, 0.25) is 0 Å². The third kappa shape index (κ3) is 1.98. The molecule has 0 saturated carbocycles. The molecule has 0 aliphatic carbocycles. The molecule has 0 unspecified atom stereocenters. The second kappa shape index (κ2) is 3.74. The number of hydrogen-bond donors (Lipinski definition) is 1. The van der Waals surface area contributed by atoms with E-state index in [4.69, 9.17) is 0 Å². The molecule has 1 heteroatoms. The zero-order valence-electron chi connectivity index (χ0n) is 9.81. The van der Waals surface area contributed by atoms with Crippen molar-refractivity contribution in [3.63, 3.8) is 0 Å². The summed E-state index contributed by atoms with van der Waals surface area (Å²) in [6.07, 6.45) is 0.748. The predicted octanol–water partition coefficient (Wildman–Crippen LogP) is 3.23. The molecule has 0 aliphatic rings. The fourth-order valence-electron chi connectivity index (χ4n) is 2.21. The Balaban J connectivity index is 3.35. The molecule has 0 radical (unpaired) electrons. The third-order valence-electron chi connectivity index (χ3n) is 2.90. The van der Waals surface area contributed by atoms with Gasteiger partial charge in [0.25, 0.3) is 0 Å². The van der Waals surface area contributed by atoms with E-state index >= 15 is 0 Å². The Morgan fingerprint density at radius 1 is 1.14 bits per heavy atom. The first-order chi connectivity index (χ1) is 6.38. The Hall–Kier alpha value is -0.820. The van der Waals surface area contributed by atoms with Crippen LogP contribution in [0.5, 0.6) is 0 Å². The van der Waals surface area contributed by atoms with E-state index in [1.165, 1.54) is 16.7 Å². The summed E-state index contributed by atoms with van der Waals surface area (Å²) in [5.74, 6) is 0. The van der Waals surface area contributed by atoms with Crippen LogP contribution in [0.25, 0.3) is 0 Å². The van der Waals surface area contributed by atoms with E-state index < -0.39 is 5.60 Å². The Morgan fingerprint density at radius 2 is 1.57 bits per heavy atom. The molecule has 0 amide bonds. The van der Waals surface area contributed by atoms with Crippen molar-refractivity contribution >= 4 is 0 Å². The number of aliphatic hydroxyl groups is 1. The monoisotopic (exact) mass is 192 g/mol. The Kier molecular flexibility index (Phi) is 3.01. The fourth-order valence-corrected chi connectivity index (χ4v) is 2.21. The molecule has 1 N–H and O–H groups in total. The van der Waals surface area contributed by atoms with Gasteiger partial charge >= 0.3 is 0 Å². The first-order valence-electron chi connectivity index (χ1n) is 5.19. The summed E-state index contributed by atoms with van der Waals surface area (Å²) in [6.45, 7) is 10.1. The minimum Gasteiger partial charge on any atom is -0.385 e. The molecule has 0 aromatic heterocycles. The van der Waals surface area contributed by atoms with Gasteiger partial charge in [-0.1, -0.05) is 24.6 Å². The first kappa shape index (κ1) is 11.3. The zero-order chi connectivity index (χ0) is 10.9. The van der Waals surface area contributed by atoms with E-state index in [1.54, 1.807) is 0 Å². The SMILES string of the molecule is CC[C@](C)(O)c1c(C)cc(C)cc1C. The number of rotatable bonds is 2. The maximum absolute atomic E-state index is 10.2. The Morgan fingerprint density at radius 3 is 1.93 bits per heavy atom. The molecule has 0 saturated heterocycles. The summed E-state index contributed by atoms with van der Waals surface area (Å²) in [5.41, 5.74) is 4.03. The highest BCUT2D eigenvalue weighted by molar-refractivity contribution is 5.40. The summed E-state index contributed by atoms with van der Waals surface area (Å²) in [5, 5.41) is 10.2. The quantitative estimate of drug-likeness (QED) is 0.762. The first-order valence-corrected chi connectivity index (χ1v) is 5.19. The zero-order valence-corrected chi connectivity index (χ0v) is 9.81. The summed E-state index contributed by atoms with van der Waals surface area (Å²) < 4.78 is 0. The average molecular weight is 192 g/mol. The fraction of sp³-hybridized carbons (Fsp3) is 0.538. The summed E-state index contributed by atoms with van der Waals surface area (Å²) >= 11 is 0. The molecule has 1 nitrogen and oxygen atoms in total. The lowest BCUT2D eigenvalue weighted by Gasteiger charge is -2.26. The molecule has 1 aromatic rings. The lowest BCUT2D eigenvalue weighted by atomic mass is 9.85. The summed E-state index contributed by atoms with van der Waals surface area (Å²) in [4.78, 5) is 0. The van der Waals surface area contributed by atoms with E-state index in [0.29, 0.717) is 0 Å². The van der Waals surface area contributed by atoms with Crippen molar-refractivity contribution in [2.75, 3.05) is 0 Å². The lowest BCUT2D eigenvalue weighted by Crippen LogP contribution is -2.22. The smallest absolute Gasteiger partial charge is 0.0871 e. The number of benzene rings is 1. The normalized spacial score (nSPS) is 15.3. The summed E-state index contributed by atoms with van der Waals surface area (Å²) in [6, 6.07) is 4.26. The van der Waals surface area contributed by atoms with Crippen molar-refractivity contribution in [3.8, 4) is 0 Å².